The number of amides is 1. The number of nitrogens with one attached hydrogen (secondary N) is 1. The summed E-state index contributed by atoms with van der Waals surface area (Å²) in [5, 5.41) is 4.24. The van der Waals surface area contributed by atoms with Crippen LogP contribution in [0.1, 0.15) is 37.6 Å². The van der Waals surface area contributed by atoms with Gasteiger partial charge in [-0.1, -0.05) is 50.6 Å². The van der Waals surface area contributed by atoms with Crippen molar-refractivity contribution in [2.45, 2.75) is 33.2 Å². The fourth-order valence-corrected chi connectivity index (χ4v) is 2.52. The molecule has 3 nitrogen and oxygen atoms in total. The molecule has 0 aliphatic carbocycles. The smallest absolute Gasteiger partial charge is 0.252 e. The fraction of sp³-hybridized carbons (Fsp3) is 0.375. The fourth-order valence-electron chi connectivity index (χ4n) is 2.32. The highest BCUT2D eigenvalue weighted by Crippen LogP contribution is 2.21. The van der Waals surface area contributed by atoms with Crippen LogP contribution in [0.3, 0.4) is 0 Å². The molecule has 1 amide bonds. The summed E-state index contributed by atoms with van der Waals surface area (Å²) in [4.78, 5) is 16.7. The first kappa shape index (κ1) is 14.8. The van der Waals surface area contributed by atoms with Gasteiger partial charge >= 0.3 is 0 Å². The molecule has 0 saturated heterocycles. The third kappa shape index (κ3) is 3.10. The van der Waals surface area contributed by atoms with Crippen LogP contribution in [0.25, 0.3) is 10.9 Å². The molecule has 1 heterocycles. The molecule has 1 atom stereocenters. The van der Waals surface area contributed by atoms with E-state index in [0.29, 0.717) is 16.6 Å². The molecule has 2 rings (SSSR count). The predicted octanol–water partition coefficient (Wildman–Crippen LogP) is 4.05. The predicted molar refractivity (Wildman–Crippen MR) is 83.1 cm³/mol. The lowest BCUT2D eigenvalue weighted by Gasteiger charge is -2.21. The Morgan fingerprint density at radius 2 is 2.05 bits per heavy atom. The van der Waals surface area contributed by atoms with Crippen molar-refractivity contribution in [3.63, 3.8) is 0 Å². The second-order valence-corrected chi connectivity index (χ2v) is 5.63. The van der Waals surface area contributed by atoms with Crippen molar-refractivity contribution in [2.75, 3.05) is 0 Å². The second kappa shape index (κ2) is 6.23. The lowest BCUT2D eigenvalue weighted by molar-refractivity contribution is 0.0926. The number of nitrogens with zero attached hydrogens (tertiary/aromatic N) is 1. The number of aromatic nitrogens is 1. The van der Waals surface area contributed by atoms with E-state index in [9.17, 15) is 4.79 Å². The number of halogens is 1. The number of hydrogen-bond acceptors (Lipinski definition) is 2. The average molecular weight is 291 g/mol. The number of fused-ring (bicyclic) bond motifs is 1. The summed E-state index contributed by atoms with van der Waals surface area (Å²) >= 11 is 6.01. The van der Waals surface area contributed by atoms with E-state index in [4.69, 9.17) is 11.6 Å². The van der Waals surface area contributed by atoms with E-state index >= 15 is 0 Å². The monoisotopic (exact) mass is 290 g/mol. The van der Waals surface area contributed by atoms with Gasteiger partial charge in [-0.15, -0.1) is 0 Å². The highest BCUT2D eigenvalue weighted by atomic mass is 35.5. The summed E-state index contributed by atoms with van der Waals surface area (Å²) in [5.41, 5.74) is 1.32. The Bertz CT molecular complexity index is 625. The summed E-state index contributed by atoms with van der Waals surface area (Å²) < 4.78 is 0. The maximum absolute atomic E-state index is 12.5. The Morgan fingerprint density at radius 3 is 2.70 bits per heavy atom. The van der Waals surface area contributed by atoms with Crippen LogP contribution in [0.4, 0.5) is 0 Å². The molecule has 1 aromatic heterocycles. The van der Waals surface area contributed by atoms with Gasteiger partial charge in [0.2, 0.25) is 0 Å². The summed E-state index contributed by atoms with van der Waals surface area (Å²) in [5.74, 6) is 0.304. The highest BCUT2D eigenvalue weighted by molar-refractivity contribution is 6.30. The Labute approximate surface area is 124 Å². The van der Waals surface area contributed by atoms with Crippen molar-refractivity contribution in [3.05, 3.63) is 41.0 Å². The van der Waals surface area contributed by atoms with Gasteiger partial charge in [-0.2, -0.15) is 0 Å². The number of benzene rings is 1. The van der Waals surface area contributed by atoms with Crippen molar-refractivity contribution in [3.8, 4) is 0 Å². The van der Waals surface area contributed by atoms with E-state index < -0.39 is 0 Å². The van der Waals surface area contributed by atoms with Crippen molar-refractivity contribution >= 4 is 28.4 Å². The van der Waals surface area contributed by atoms with Gasteiger partial charge in [-0.05, 0) is 24.5 Å². The van der Waals surface area contributed by atoms with Gasteiger partial charge in [0.25, 0.3) is 5.91 Å². The molecular formula is C16H19ClN2O. The molecule has 0 spiro atoms. The molecule has 20 heavy (non-hydrogen) atoms. The maximum Gasteiger partial charge on any atom is 0.252 e. The number of hydrogen-bond donors (Lipinski definition) is 1. The Morgan fingerprint density at radius 1 is 1.35 bits per heavy atom. The summed E-state index contributed by atoms with van der Waals surface area (Å²) in [6, 6.07) is 9.33. The first-order valence-electron chi connectivity index (χ1n) is 6.89. The third-order valence-electron chi connectivity index (χ3n) is 3.49. The van der Waals surface area contributed by atoms with Gasteiger partial charge in [-0.3, -0.25) is 4.79 Å². The molecule has 4 heteroatoms. The van der Waals surface area contributed by atoms with E-state index in [0.717, 1.165) is 17.3 Å². The highest BCUT2D eigenvalue weighted by Gasteiger charge is 2.17. The largest absolute Gasteiger partial charge is 0.349 e. The van der Waals surface area contributed by atoms with Crippen LogP contribution >= 0.6 is 11.6 Å². The zero-order valence-corrected chi connectivity index (χ0v) is 12.7. The Balaban J connectivity index is 2.39. The van der Waals surface area contributed by atoms with Crippen molar-refractivity contribution < 1.29 is 4.79 Å². The topological polar surface area (TPSA) is 42.0 Å². The number of carbonyl (C=O) groups is 1. The number of rotatable bonds is 4. The third-order valence-corrected chi connectivity index (χ3v) is 3.68. The van der Waals surface area contributed by atoms with Crippen LogP contribution in [0, 0.1) is 5.92 Å². The van der Waals surface area contributed by atoms with Gasteiger partial charge in [0.1, 0.15) is 5.15 Å². The Hall–Kier alpha value is -1.61. The normalized spacial score (nSPS) is 12.7. The van der Waals surface area contributed by atoms with Crippen LogP contribution in [0.2, 0.25) is 5.15 Å². The van der Waals surface area contributed by atoms with E-state index in [1.807, 2.05) is 24.3 Å². The average Bonchev–Trinajstić information content (AvgIpc) is 2.43. The quantitative estimate of drug-likeness (QED) is 0.863. The Kier molecular flexibility index (Phi) is 4.61. The van der Waals surface area contributed by atoms with Gasteiger partial charge < -0.3 is 5.32 Å². The van der Waals surface area contributed by atoms with E-state index in [2.05, 4.69) is 31.1 Å². The number of carbonyl (C=O) groups excluding carboxylic acids is 1. The van der Waals surface area contributed by atoms with Crippen molar-refractivity contribution in [1.82, 2.24) is 10.3 Å². The van der Waals surface area contributed by atoms with Gasteiger partial charge in [0.05, 0.1) is 11.1 Å². The molecule has 1 unspecified atom stereocenters. The molecule has 0 aliphatic rings. The molecular weight excluding hydrogens is 272 g/mol. The minimum Gasteiger partial charge on any atom is -0.349 e. The van der Waals surface area contributed by atoms with Gasteiger partial charge in [0, 0.05) is 11.4 Å². The zero-order valence-electron chi connectivity index (χ0n) is 12.0. The SMILES string of the molecule is CCC(NC(=O)c1cc(Cl)nc2ccccc12)C(C)C. The number of para-hydroxylation sites is 1. The molecule has 0 fully saturated rings. The first-order chi connectivity index (χ1) is 9.52. The first-order valence-corrected chi connectivity index (χ1v) is 7.27. The lowest BCUT2D eigenvalue weighted by atomic mass is 10.0. The lowest BCUT2D eigenvalue weighted by Crippen LogP contribution is -2.38. The molecule has 0 saturated carbocycles. The molecule has 0 aliphatic heterocycles. The minimum atomic E-state index is -0.0916. The van der Waals surface area contributed by atoms with E-state index in [1.54, 1.807) is 6.07 Å². The van der Waals surface area contributed by atoms with Crippen LogP contribution in [-0.2, 0) is 0 Å². The summed E-state index contributed by atoms with van der Waals surface area (Å²) in [7, 11) is 0. The van der Waals surface area contributed by atoms with Crippen LogP contribution in [-0.4, -0.2) is 16.9 Å². The second-order valence-electron chi connectivity index (χ2n) is 5.24. The van der Waals surface area contributed by atoms with Crippen LogP contribution in [0.5, 0.6) is 0 Å². The van der Waals surface area contributed by atoms with Crippen molar-refractivity contribution in [2.24, 2.45) is 5.92 Å². The standard InChI is InChI=1S/C16H19ClN2O/c1-4-13(10(2)3)19-16(20)12-9-15(17)18-14-8-6-5-7-11(12)14/h5-10,13H,4H2,1-3H3,(H,19,20). The number of pyridine rings is 1. The van der Waals surface area contributed by atoms with Gasteiger partial charge in [-0.25, -0.2) is 4.98 Å². The van der Waals surface area contributed by atoms with Crippen LogP contribution < -0.4 is 5.32 Å². The van der Waals surface area contributed by atoms with Crippen molar-refractivity contribution in [1.29, 1.82) is 0 Å². The zero-order chi connectivity index (χ0) is 14.7. The molecule has 106 valence electrons. The van der Waals surface area contributed by atoms with E-state index in [1.165, 1.54) is 0 Å². The molecule has 0 radical (unpaired) electrons. The molecule has 0 bridgehead atoms. The van der Waals surface area contributed by atoms with Crippen LogP contribution in [0.15, 0.2) is 30.3 Å². The molecule has 2 aromatic rings. The minimum absolute atomic E-state index is 0.0916. The maximum atomic E-state index is 12.5. The van der Waals surface area contributed by atoms with Gasteiger partial charge in [0.15, 0.2) is 0 Å². The van der Waals surface area contributed by atoms with E-state index in [-0.39, 0.29) is 11.9 Å². The molecule has 1 N–H and O–H groups in total. The molecule has 1 aromatic carbocycles. The summed E-state index contributed by atoms with van der Waals surface area (Å²) in [6.45, 7) is 6.28. The summed E-state index contributed by atoms with van der Waals surface area (Å²) in [6.07, 6.45) is 0.903.